The van der Waals surface area contributed by atoms with E-state index in [9.17, 15) is 0 Å². The second kappa shape index (κ2) is 17.9. The van der Waals surface area contributed by atoms with E-state index in [0.29, 0.717) is 0 Å². The number of nitrogens with zero attached hydrogens (tertiary/aromatic N) is 4. The predicted molar refractivity (Wildman–Crippen MR) is 291 cm³/mol. The van der Waals surface area contributed by atoms with Crippen molar-refractivity contribution < 1.29 is 4.57 Å². The normalized spacial score (nSPS) is 11.5. The molecule has 4 nitrogen and oxygen atoms in total. The maximum Gasteiger partial charge on any atom is 0.169 e. The summed E-state index contributed by atoms with van der Waals surface area (Å²) in [7, 11) is 2.05. The molecule has 2 heterocycles. The number of anilines is 6. The summed E-state index contributed by atoms with van der Waals surface area (Å²) in [4.78, 5) is 8.97. The molecule has 0 aliphatic heterocycles. The highest BCUT2D eigenvalue weighted by Crippen LogP contribution is 2.41. The van der Waals surface area contributed by atoms with Gasteiger partial charge in [-0.1, -0.05) is 146 Å². The lowest BCUT2D eigenvalue weighted by molar-refractivity contribution is -0.671. The third-order valence-corrected chi connectivity index (χ3v) is 13.3. The number of aryl methyl sites for hydroxylation is 1. The van der Waals surface area contributed by atoms with E-state index in [-0.39, 0.29) is 0 Å². The Morgan fingerprint density at radius 1 is 0.333 bits per heavy atom. The third kappa shape index (κ3) is 8.26. The largest absolute Gasteiger partial charge is 0.310 e. The fourth-order valence-electron chi connectivity index (χ4n) is 9.72. The first-order valence-electron chi connectivity index (χ1n) is 23.5. The first-order chi connectivity index (χ1) is 34.1. The van der Waals surface area contributed by atoms with E-state index in [0.717, 1.165) is 50.8 Å². The quantitative estimate of drug-likeness (QED) is 0.101. The maximum absolute atomic E-state index is 4.25. The van der Waals surface area contributed by atoms with Crippen LogP contribution < -0.4 is 14.4 Å². The van der Waals surface area contributed by atoms with Crippen LogP contribution in [-0.4, -0.2) is 4.98 Å². The summed E-state index contributed by atoms with van der Waals surface area (Å²) < 4.78 is 2.07. The molecular weight excluding hydrogens is 837 g/mol. The molecule has 69 heavy (non-hydrogen) atoms. The summed E-state index contributed by atoms with van der Waals surface area (Å²) >= 11 is 0. The Morgan fingerprint density at radius 2 is 0.710 bits per heavy atom. The van der Waals surface area contributed by atoms with E-state index >= 15 is 0 Å². The molecule has 0 spiro atoms. The van der Waals surface area contributed by atoms with Crippen molar-refractivity contribution >= 4 is 89.4 Å². The van der Waals surface area contributed by atoms with Crippen molar-refractivity contribution in [3.05, 3.63) is 266 Å². The minimum absolute atomic E-state index is 1.09. The highest BCUT2D eigenvalue weighted by Gasteiger charge is 2.17. The molecule has 0 amide bonds. The lowest BCUT2D eigenvalue weighted by Gasteiger charge is -2.26. The Hall–Kier alpha value is -9.12. The highest BCUT2D eigenvalue weighted by atomic mass is 15.1. The van der Waals surface area contributed by atoms with Gasteiger partial charge in [0, 0.05) is 58.7 Å². The molecule has 0 saturated heterocycles. The van der Waals surface area contributed by atoms with E-state index < -0.39 is 0 Å². The van der Waals surface area contributed by atoms with E-state index in [1.165, 1.54) is 59.8 Å². The van der Waals surface area contributed by atoms with Crippen LogP contribution in [0.4, 0.5) is 34.1 Å². The second-order valence-corrected chi connectivity index (χ2v) is 17.7. The fraction of sp³-hybridized carbons (Fsp3) is 0.0154. The van der Waals surface area contributed by atoms with Gasteiger partial charge in [0.25, 0.3) is 0 Å². The lowest BCUT2D eigenvalue weighted by Crippen LogP contribution is -2.25. The molecule has 10 aromatic carbocycles. The minimum Gasteiger partial charge on any atom is -0.310 e. The molecule has 0 aliphatic carbocycles. The standard InChI is InChI=1S/C65H47N4/c1-67-40-36-51(37-41-67)63-15-7-13-55-45-61(31-33-65(55)63)69(59-29-23-49-9-3-5-11-53(49)43-59)57-26-20-47(21-27-57)17-16-46-18-24-56(25-19-46)68(58-28-22-48-8-2-4-10-52(48)42-58)60-30-32-64-54(44-60)12-6-14-62(64)50-34-38-66-39-35-50/h2-45H,1H3/q+1/b17-16+. The molecule has 0 aliphatic rings. The van der Waals surface area contributed by atoms with Crippen molar-refractivity contribution in [2.45, 2.75) is 0 Å². The molecule has 0 atom stereocenters. The molecule has 0 bridgehead atoms. The summed E-state index contributed by atoms with van der Waals surface area (Å²) in [6.45, 7) is 0. The average Bonchev–Trinajstić information content (AvgIpc) is 3.41. The Kier molecular flexibility index (Phi) is 10.7. The van der Waals surface area contributed by atoms with Gasteiger partial charge in [-0.25, -0.2) is 4.57 Å². The molecule has 0 unspecified atom stereocenters. The van der Waals surface area contributed by atoms with Crippen LogP contribution in [0.2, 0.25) is 0 Å². The second-order valence-electron chi connectivity index (χ2n) is 17.7. The maximum atomic E-state index is 4.25. The van der Waals surface area contributed by atoms with Crippen molar-refractivity contribution in [1.29, 1.82) is 0 Å². The van der Waals surface area contributed by atoms with Crippen molar-refractivity contribution in [3.63, 3.8) is 0 Å². The van der Waals surface area contributed by atoms with Crippen LogP contribution in [0.15, 0.2) is 255 Å². The van der Waals surface area contributed by atoms with Crippen LogP contribution in [0.3, 0.4) is 0 Å². The number of pyridine rings is 2. The Balaban J connectivity index is 0.857. The van der Waals surface area contributed by atoms with Crippen molar-refractivity contribution in [3.8, 4) is 22.3 Å². The van der Waals surface area contributed by atoms with Crippen molar-refractivity contribution in [1.82, 2.24) is 4.98 Å². The zero-order valence-corrected chi connectivity index (χ0v) is 38.2. The van der Waals surface area contributed by atoms with E-state index in [2.05, 4.69) is 281 Å². The first-order valence-corrected chi connectivity index (χ1v) is 23.5. The summed E-state index contributed by atoms with van der Waals surface area (Å²) in [6.07, 6.45) is 12.3. The molecule has 0 radical (unpaired) electrons. The lowest BCUT2D eigenvalue weighted by atomic mass is 9.98. The van der Waals surface area contributed by atoms with E-state index in [1.54, 1.807) is 0 Å². The zero-order chi connectivity index (χ0) is 46.1. The molecule has 0 saturated carbocycles. The summed E-state index contributed by atoms with van der Waals surface area (Å²) in [5.74, 6) is 0. The van der Waals surface area contributed by atoms with Gasteiger partial charge < -0.3 is 9.80 Å². The molecule has 326 valence electrons. The van der Waals surface area contributed by atoms with Gasteiger partial charge in [-0.15, -0.1) is 0 Å². The smallest absolute Gasteiger partial charge is 0.169 e. The highest BCUT2D eigenvalue weighted by molar-refractivity contribution is 6.01. The van der Waals surface area contributed by atoms with Gasteiger partial charge in [-0.2, -0.15) is 0 Å². The number of rotatable bonds is 10. The van der Waals surface area contributed by atoms with Gasteiger partial charge >= 0.3 is 0 Å². The molecule has 12 rings (SSSR count). The van der Waals surface area contributed by atoms with Crippen molar-refractivity contribution in [2.24, 2.45) is 7.05 Å². The molecule has 0 N–H and O–H groups in total. The third-order valence-electron chi connectivity index (χ3n) is 13.3. The van der Waals surface area contributed by atoms with Crippen LogP contribution >= 0.6 is 0 Å². The number of hydrogen-bond acceptors (Lipinski definition) is 3. The van der Waals surface area contributed by atoms with Crippen molar-refractivity contribution in [2.75, 3.05) is 9.80 Å². The topological polar surface area (TPSA) is 23.2 Å². The van der Waals surface area contributed by atoms with Crippen LogP contribution in [-0.2, 0) is 7.05 Å². The van der Waals surface area contributed by atoms with Crippen LogP contribution in [0.1, 0.15) is 11.1 Å². The summed E-state index contributed by atoms with van der Waals surface area (Å²) in [5, 5.41) is 9.67. The molecule has 2 aromatic heterocycles. The van der Waals surface area contributed by atoms with Gasteiger partial charge in [0.15, 0.2) is 12.4 Å². The van der Waals surface area contributed by atoms with Gasteiger partial charge in [0.05, 0.1) is 0 Å². The molecule has 12 aromatic rings. The molecular formula is C65H47N4+. The van der Waals surface area contributed by atoms with Gasteiger partial charge in [0.2, 0.25) is 0 Å². The first kappa shape index (κ1) is 41.3. The fourth-order valence-corrected chi connectivity index (χ4v) is 9.72. The Morgan fingerprint density at radius 3 is 1.17 bits per heavy atom. The predicted octanol–water partition coefficient (Wildman–Crippen LogP) is 17.0. The Labute approximate surface area is 402 Å². The molecule has 4 heteroatoms. The average molecular weight is 884 g/mol. The monoisotopic (exact) mass is 883 g/mol. The van der Waals surface area contributed by atoms with E-state index in [4.69, 9.17) is 0 Å². The number of benzene rings is 10. The SMILES string of the molecule is C[n+]1ccc(-c2cccc3cc(N(c4ccc(/C=C/c5ccc(N(c6ccc7ccccc7c6)c6ccc7c(-c8ccncc8)cccc7c6)cc5)cc4)c4ccc5ccccc5c4)ccc23)cc1. The summed E-state index contributed by atoms with van der Waals surface area (Å²) in [5.41, 5.74) is 13.6. The number of fused-ring (bicyclic) bond motifs is 4. The zero-order valence-electron chi connectivity index (χ0n) is 38.2. The minimum atomic E-state index is 1.09. The van der Waals surface area contributed by atoms with Crippen LogP contribution in [0, 0.1) is 0 Å². The van der Waals surface area contributed by atoms with Crippen LogP contribution in [0.5, 0.6) is 0 Å². The van der Waals surface area contributed by atoms with E-state index in [1.807, 2.05) is 12.4 Å². The number of hydrogen-bond donors (Lipinski definition) is 0. The number of aromatic nitrogens is 2. The van der Waals surface area contributed by atoms with Gasteiger partial charge in [-0.3, -0.25) is 4.98 Å². The molecule has 0 fully saturated rings. The Bertz CT molecular complexity index is 3840. The van der Waals surface area contributed by atoms with Gasteiger partial charge in [0.1, 0.15) is 7.05 Å². The van der Waals surface area contributed by atoms with Crippen LogP contribution in [0.25, 0.3) is 77.5 Å². The summed E-state index contributed by atoms with van der Waals surface area (Å²) in [6, 6.07) is 83.6. The van der Waals surface area contributed by atoms with Gasteiger partial charge in [-0.05, 0) is 161 Å².